The minimum Gasteiger partial charge on any atom is -0.357 e. The van der Waals surface area contributed by atoms with Gasteiger partial charge in [-0.2, -0.15) is 0 Å². The van der Waals surface area contributed by atoms with Gasteiger partial charge in [-0.25, -0.2) is 9.37 Å². The molecule has 3 heterocycles. The summed E-state index contributed by atoms with van der Waals surface area (Å²) in [6.07, 6.45) is 5.19. The highest BCUT2D eigenvalue weighted by Crippen LogP contribution is 2.21. The van der Waals surface area contributed by atoms with Crippen molar-refractivity contribution in [1.82, 2.24) is 20.6 Å². The maximum Gasteiger partial charge on any atom is 0.191 e. The molecule has 8 heteroatoms. The van der Waals surface area contributed by atoms with Gasteiger partial charge < -0.3 is 15.5 Å². The fourth-order valence-corrected chi connectivity index (χ4v) is 3.85. The Bertz CT molecular complexity index is 1020. The maximum absolute atomic E-state index is 14.0. The number of pyridine rings is 2. The summed E-state index contributed by atoms with van der Waals surface area (Å²) in [6, 6.07) is 13.6. The predicted molar refractivity (Wildman–Crippen MR) is 135 cm³/mol. The molecular weight excluding hydrogens is 506 g/mol. The third-order valence-corrected chi connectivity index (χ3v) is 5.28. The van der Waals surface area contributed by atoms with Gasteiger partial charge in [0.05, 0.1) is 5.52 Å². The van der Waals surface area contributed by atoms with Crippen LogP contribution in [0.3, 0.4) is 0 Å². The Labute approximate surface area is 199 Å². The van der Waals surface area contributed by atoms with Crippen LogP contribution in [0, 0.1) is 5.82 Å². The number of fused-ring (bicyclic) bond motifs is 1. The normalized spacial score (nSPS) is 16.3. The van der Waals surface area contributed by atoms with E-state index in [1.165, 1.54) is 11.6 Å². The smallest absolute Gasteiger partial charge is 0.191 e. The van der Waals surface area contributed by atoms with Crippen LogP contribution in [-0.2, 0) is 6.42 Å². The van der Waals surface area contributed by atoms with Crippen molar-refractivity contribution in [2.75, 3.05) is 31.1 Å². The van der Waals surface area contributed by atoms with Crippen LogP contribution in [0.4, 0.5) is 10.2 Å². The molecule has 164 valence electrons. The van der Waals surface area contributed by atoms with Crippen molar-refractivity contribution in [3.8, 4) is 0 Å². The van der Waals surface area contributed by atoms with Crippen LogP contribution in [0.2, 0.25) is 0 Å². The number of nitrogens with zero attached hydrogens (tertiary/aromatic N) is 4. The van der Waals surface area contributed by atoms with Crippen molar-refractivity contribution in [1.29, 1.82) is 0 Å². The van der Waals surface area contributed by atoms with Crippen LogP contribution in [0.5, 0.6) is 0 Å². The lowest BCUT2D eigenvalue weighted by Gasteiger charge is -2.20. The van der Waals surface area contributed by atoms with Gasteiger partial charge in [0.25, 0.3) is 0 Å². The van der Waals surface area contributed by atoms with Crippen molar-refractivity contribution >= 4 is 46.7 Å². The molecule has 6 nitrogen and oxygen atoms in total. The highest BCUT2D eigenvalue weighted by molar-refractivity contribution is 14.0. The summed E-state index contributed by atoms with van der Waals surface area (Å²) in [7, 11) is 0. The predicted octanol–water partition coefficient (Wildman–Crippen LogP) is 3.76. The van der Waals surface area contributed by atoms with Gasteiger partial charge in [-0.15, -0.1) is 24.0 Å². The Hall–Kier alpha value is -2.49. The SMILES string of the molecule is CCNC(=NCCc1cccc2cccnc12)NC1CCN(c2ncccc2F)C1.I. The zero-order valence-corrected chi connectivity index (χ0v) is 19.9. The van der Waals surface area contributed by atoms with Crippen LogP contribution in [0.1, 0.15) is 18.9 Å². The summed E-state index contributed by atoms with van der Waals surface area (Å²) in [5.74, 6) is 0.939. The van der Waals surface area contributed by atoms with Gasteiger partial charge in [0.15, 0.2) is 17.6 Å². The van der Waals surface area contributed by atoms with Gasteiger partial charge in [-0.05, 0) is 43.5 Å². The molecule has 0 amide bonds. The van der Waals surface area contributed by atoms with Gasteiger partial charge in [-0.1, -0.05) is 24.3 Å². The first-order chi connectivity index (χ1) is 14.7. The van der Waals surface area contributed by atoms with E-state index in [0.717, 1.165) is 42.8 Å². The van der Waals surface area contributed by atoms with Crippen molar-refractivity contribution < 1.29 is 4.39 Å². The molecule has 0 spiro atoms. The number of hydrogen-bond donors (Lipinski definition) is 2. The highest BCUT2D eigenvalue weighted by Gasteiger charge is 2.25. The Morgan fingerprint density at radius 1 is 1.16 bits per heavy atom. The number of aromatic nitrogens is 2. The van der Waals surface area contributed by atoms with Crippen molar-refractivity contribution in [2.24, 2.45) is 4.99 Å². The number of aliphatic imine (C=N–C) groups is 1. The molecule has 3 aromatic rings. The third-order valence-electron chi connectivity index (χ3n) is 5.28. The molecule has 1 fully saturated rings. The van der Waals surface area contributed by atoms with Crippen LogP contribution in [-0.4, -0.2) is 48.1 Å². The number of nitrogens with one attached hydrogen (secondary N) is 2. The van der Waals surface area contributed by atoms with Gasteiger partial charge >= 0.3 is 0 Å². The summed E-state index contributed by atoms with van der Waals surface area (Å²) in [5, 5.41) is 7.95. The lowest BCUT2D eigenvalue weighted by atomic mass is 10.1. The van der Waals surface area contributed by atoms with E-state index in [0.29, 0.717) is 18.9 Å². The monoisotopic (exact) mass is 534 g/mol. The van der Waals surface area contributed by atoms with Crippen LogP contribution in [0.25, 0.3) is 10.9 Å². The van der Waals surface area contributed by atoms with Crippen LogP contribution < -0.4 is 15.5 Å². The highest BCUT2D eigenvalue weighted by atomic mass is 127. The maximum atomic E-state index is 14.0. The van der Waals surface area contributed by atoms with E-state index in [2.05, 4.69) is 51.8 Å². The number of anilines is 1. The van der Waals surface area contributed by atoms with Crippen molar-refractivity contribution in [2.45, 2.75) is 25.8 Å². The van der Waals surface area contributed by atoms with E-state index in [-0.39, 0.29) is 35.8 Å². The quantitative estimate of drug-likeness (QED) is 0.287. The van der Waals surface area contributed by atoms with Crippen molar-refractivity contribution in [3.05, 3.63) is 66.2 Å². The van der Waals surface area contributed by atoms with E-state index in [1.54, 1.807) is 12.3 Å². The molecule has 0 aliphatic carbocycles. The van der Waals surface area contributed by atoms with Crippen LogP contribution in [0.15, 0.2) is 59.9 Å². The molecule has 2 N–H and O–H groups in total. The number of halogens is 2. The summed E-state index contributed by atoms with van der Waals surface area (Å²) < 4.78 is 14.0. The molecular formula is C23H28FIN6. The standard InChI is InChI=1S/C23H27FN6.HI/c1-2-25-23(28-14-10-18-7-3-6-17-8-4-12-26-21(17)18)29-19-11-15-30(16-19)22-20(24)9-5-13-27-22;/h3-9,12-13,19H,2,10-11,14-16H2,1H3,(H2,25,28,29);1H. The molecule has 1 aromatic carbocycles. The average Bonchev–Trinajstić information content (AvgIpc) is 3.22. The Balaban J connectivity index is 0.00000272. The average molecular weight is 534 g/mol. The van der Waals surface area contributed by atoms with Gasteiger partial charge in [0.1, 0.15) is 0 Å². The van der Waals surface area contributed by atoms with Crippen molar-refractivity contribution in [3.63, 3.8) is 0 Å². The van der Waals surface area contributed by atoms with E-state index in [1.807, 2.05) is 17.2 Å². The van der Waals surface area contributed by atoms with Gasteiger partial charge in [0, 0.05) is 50.0 Å². The molecule has 1 aliphatic heterocycles. The number of benzene rings is 1. The summed E-state index contributed by atoms with van der Waals surface area (Å²) in [6.45, 7) is 4.97. The summed E-state index contributed by atoms with van der Waals surface area (Å²) >= 11 is 0. The van der Waals surface area contributed by atoms with E-state index >= 15 is 0 Å². The molecule has 1 unspecified atom stereocenters. The minimum absolute atomic E-state index is 0. The molecule has 1 aliphatic rings. The first-order valence-electron chi connectivity index (χ1n) is 10.5. The van der Waals surface area contributed by atoms with Gasteiger partial charge in [0.2, 0.25) is 0 Å². The van der Waals surface area contributed by atoms with E-state index in [4.69, 9.17) is 4.99 Å². The summed E-state index contributed by atoms with van der Waals surface area (Å²) in [4.78, 5) is 15.4. The topological polar surface area (TPSA) is 65.4 Å². The molecule has 0 saturated carbocycles. The second kappa shape index (κ2) is 11.2. The first-order valence-corrected chi connectivity index (χ1v) is 10.5. The van der Waals surface area contributed by atoms with Gasteiger partial charge in [-0.3, -0.25) is 9.98 Å². The number of rotatable bonds is 6. The number of guanidine groups is 1. The minimum atomic E-state index is -0.276. The van der Waals surface area contributed by atoms with E-state index < -0.39 is 0 Å². The summed E-state index contributed by atoms with van der Waals surface area (Å²) in [5.41, 5.74) is 2.24. The Morgan fingerprint density at radius 2 is 1.97 bits per heavy atom. The fraction of sp³-hybridized carbons (Fsp3) is 0.348. The molecule has 0 radical (unpaired) electrons. The molecule has 0 bridgehead atoms. The lowest BCUT2D eigenvalue weighted by Crippen LogP contribution is -2.44. The number of para-hydroxylation sites is 1. The second-order valence-corrected chi connectivity index (χ2v) is 7.39. The molecule has 4 rings (SSSR count). The largest absolute Gasteiger partial charge is 0.357 e. The zero-order chi connectivity index (χ0) is 20.8. The molecule has 2 aromatic heterocycles. The molecule has 1 atom stereocenters. The second-order valence-electron chi connectivity index (χ2n) is 7.39. The Morgan fingerprint density at radius 3 is 2.81 bits per heavy atom. The van der Waals surface area contributed by atoms with Crippen LogP contribution >= 0.6 is 24.0 Å². The Kier molecular flexibility index (Phi) is 8.39. The molecule has 1 saturated heterocycles. The zero-order valence-electron chi connectivity index (χ0n) is 17.6. The third kappa shape index (κ3) is 5.81. The lowest BCUT2D eigenvalue weighted by molar-refractivity contribution is 0.612. The fourth-order valence-electron chi connectivity index (χ4n) is 3.85. The van der Waals surface area contributed by atoms with E-state index in [9.17, 15) is 4.39 Å². The first kappa shape index (κ1) is 23.2. The number of hydrogen-bond acceptors (Lipinski definition) is 4. The molecule has 31 heavy (non-hydrogen) atoms.